The van der Waals surface area contributed by atoms with E-state index >= 15 is 0 Å². The molecule has 46 valence electrons. The Labute approximate surface area is 57.8 Å². The maximum atomic E-state index is 8.71. The van der Waals surface area contributed by atoms with Gasteiger partial charge in [0, 0.05) is 0 Å². The van der Waals surface area contributed by atoms with Crippen molar-refractivity contribution in [1.29, 1.82) is 0 Å². The van der Waals surface area contributed by atoms with Gasteiger partial charge in [0.1, 0.15) is 9.76 Å². The molecule has 4 heteroatoms. The van der Waals surface area contributed by atoms with Crippen LogP contribution in [0.15, 0.2) is 12.7 Å². The van der Waals surface area contributed by atoms with Gasteiger partial charge in [0.05, 0.1) is 0 Å². The van der Waals surface area contributed by atoms with Crippen molar-refractivity contribution in [2.45, 2.75) is 5.44 Å². The number of nitrogens with two attached hydrogens (primary N) is 1. The molecule has 0 aliphatic rings. The lowest BCUT2D eigenvalue weighted by atomic mass is 10.7. The summed E-state index contributed by atoms with van der Waals surface area (Å²) in [7, 11) is 0. The van der Waals surface area contributed by atoms with Crippen molar-refractivity contribution < 1.29 is 5.11 Å². The van der Waals surface area contributed by atoms with Crippen LogP contribution in [0.1, 0.15) is 0 Å². The molecule has 0 radical (unpaired) electrons. The summed E-state index contributed by atoms with van der Waals surface area (Å²) in [6, 6.07) is 0. The van der Waals surface area contributed by atoms with Gasteiger partial charge in [-0.2, -0.15) is 0 Å². The molecule has 0 heterocycles. The first-order chi connectivity index (χ1) is 3.66. The fourth-order valence-corrected chi connectivity index (χ4v) is 0.797. The third-order valence-corrected chi connectivity index (χ3v) is 1.39. The molecule has 1 unspecified atom stereocenters. The SMILES string of the molecule is C=CC(O)SC(N)=S. The average Bonchev–Trinajstić information content (AvgIpc) is 1.65. The Balaban J connectivity index is 3.38. The standard InChI is InChI=1S/C4H7NOS2/c1-2-3(6)8-4(5)7/h2-3,6H,1H2,(H2,5,7). The van der Waals surface area contributed by atoms with Crippen LogP contribution in [0, 0.1) is 0 Å². The molecule has 2 nitrogen and oxygen atoms in total. The van der Waals surface area contributed by atoms with E-state index in [4.69, 9.17) is 10.8 Å². The molecular weight excluding hydrogens is 142 g/mol. The number of hydrogen-bond donors (Lipinski definition) is 2. The van der Waals surface area contributed by atoms with Crippen LogP contribution >= 0.6 is 24.0 Å². The van der Waals surface area contributed by atoms with Crippen molar-refractivity contribution in [3.63, 3.8) is 0 Å². The highest BCUT2D eigenvalue weighted by molar-refractivity contribution is 8.23. The molecule has 0 spiro atoms. The fourth-order valence-electron chi connectivity index (χ4n) is 0.167. The van der Waals surface area contributed by atoms with E-state index in [1.807, 2.05) is 0 Å². The summed E-state index contributed by atoms with van der Waals surface area (Å²) >= 11 is 5.47. The first kappa shape index (κ1) is 7.94. The van der Waals surface area contributed by atoms with Gasteiger partial charge in [0.15, 0.2) is 0 Å². The summed E-state index contributed by atoms with van der Waals surface area (Å²) in [6.07, 6.45) is 1.36. The smallest absolute Gasteiger partial charge is 0.133 e. The molecule has 0 saturated carbocycles. The topological polar surface area (TPSA) is 46.2 Å². The minimum absolute atomic E-state index is 0.234. The number of hydrogen-bond acceptors (Lipinski definition) is 3. The molecule has 0 amide bonds. The van der Waals surface area contributed by atoms with Crippen LogP contribution in [0.4, 0.5) is 0 Å². The molecule has 8 heavy (non-hydrogen) atoms. The van der Waals surface area contributed by atoms with Gasteiger partial charge in [-0.05, 0) is 0 Å². The van der Waals surface area contributed by atoms with Crippen LogP contribution in [-0.4, -0.2) is 14.9 Å². The second kappa shape index (κ2) is 3.88. The number of thioether (sulfide) groups is 1. The van der Waals surface area contributed by atoms with Crippen LogP contribution in [-0.2, 0) is 0 Å². The molecule has 0 fully saturated rings. The predicted molar refractivity (Wildman–Crippen MR) is 40.6 cm³/mol. The first-order valence-electron chi connectivity index (χ1n) is 1.93. The molecule has 0 aromatic heterocycles. The molecule has 0 aliphatic heterocycles. The van der Waals surface area contributed by atoms with E-state index in [1.165, 1.54) is 6.08 Å². The van der Waals surface area contributed by atoms with Gasteiger partial charge in [-0.25, -0.2) is 0 Å². The number of aliphatic hydroxyl groups excluding tert-OH is 1. The van der Waals surface area contributed by atoms with Crippen molar-refractivity contribution in [3.8, 4) is 0 Å². The second-order valence-electron chi connectivity index (χ2n) is 1.06. The third kappa shape index (κ3) is 4.11. The Morgan fingerprint density at radius 2 is 2.50 bits per heavy atom. The highest BCUT2D eigenvalue weighted by Crippen LogP contribution is 2.06. The summed E-state index contributed by atoms with van der Waals surface area (Å²) in [5, 5.41) is 8.71. The summed E-state index contributed by atoms with van der Waals surface area (Å²) in [5.41, 5.74) is 4.40. The highest BCUT2D eigenvalue weighted by Gasteiger charge is 1.97. The van der Waals surface area contributed by atoms with E-state index in [0.29, 0.717) is 0 Å². The van der Waals surface area contributed by atoms with Gasteiger partial charge in [0.25, 0.3) is 0 Å². The Kier molecular flexibility index (Phi) is 3.85. The second-order valence-corrected chi connectivity index (χ2v) is 2.92. The van der Waals surface area contributed by atoms with Crippen LogP contribution in [0.5, 0.6) is 0 Å². The number of aliphatic hydroxyl groups is 1. The minimum Gasteiger partial charge on any atom is -0.385 e. The highest BCUT2D eigenvalue weighted by atomic mass is 32.2. The fraction of sp³-hybridized carbons (Fsp3) is 0.250. The Morgan fingerprint density at radius 1 is 2.00 bits per heavy atom. The lowest BCUT2D eigenvalue weighted by molar-refractivity contribution is 0.311. The van der Waals surface area contributed by atoms with Gasteiger partial charge in [-0.15, -0.1) is 0 Å². The maximum Gasteiger partial charge on any atom is 0.133 e. The Morgan fingerprint density at radius 3 is 2.62 bits per heavy atom. The minimum atomic E-state index is -0.660. The zero-order chi connectivity index (χ0) is 6.57. The number of rotatable bonds is 2. The Hall–Kier alpha value is -0.0600. The van der Waals surface area contributed by atoms with Gasteiger partial charge >= 0.3 is 0 Å². The van der Waals surface area contributed by atoms with E-state index in [0.717, 1.165) is 11.8 Å². The van der Waals surface area contributed by atoms with Crippen LogP contribution in [0.25, 0.3) is 0 Å². The molecule has 0 rings (SSSR count). The molecule has 0 aliphatic carbocycles. The van der Waals surface area contributed by atoms with Crippen molar-refractivity contribution in [2.75, 3.05) is 0 Å². The normalized spacial score (nSPS) is 12.6. The van der Waals surface area contributed by atoms with E-state index < -0.39 is 5.44 Å². The van der Waals surface area contributed by atoms with E-state index in [9.17, 15) is 0 Å². The summed E-state index contributed by atoms with van der Waals surface area (Å²) < 4.78 is 0.234. The lowest BCUT2D eigenvalue weighted by Crippen LogP contribution is -2.08. The van der Waals surface area contributed by atoms with Crippen LogP contribution in [0.2, 0.25) is 0 Å². The maximum absolute atomic E-state index is 8.71. The summed E-state index contributed by atoms with van der Waals surface area (Å²) in [6.45, 7) is 3.33. The number of thiocarbonyl (C=S) groups is 1. The summed E-state index contributed by atoms with van der Waals surface area (Å²) in [4.78, 5) is 0. The predicted octanol–water partition coefficient (Wildman–Crippen LogP) is 0.468. The van der Waals surface area contributed by atoms with Crippen molar-refractivity contribution in [1.82, 2.24) is 0 Å². The van der Waals surface area contributed by atoms with Gasteiger partial charge in [-0.1, -0.05) is 36.6 Å². The van der Waals surface area contributed by atoms with E-state index in [-0.39, 0.29) is 4.32 Å². The zero-order valence-corrected chi connectivity index (χ0v) is 5.84. The molecule has 1 atom stereocenters. The van der Waals surface area contributed by atoms with Gasteiger partial charge in [-0.3, -0.25) is 0 Å². The molecule has 0 bridgehead atoms. The van der Waals surface area contributed by atoms with Gasteiger partial charge < -0.3 is 10.8 Å². The van der Waals surface area contributed by atoms with Gasteiger partial charge in [0.2, 0.25) is 0 Å². The summed E-state index contributed by atoms with van der Waals surface area (Å²) in [5.74, 6) is 0. The molecule has 3 N–H and O–H groups in total. The van der Waals surface area contributed by atoms with Crippen molar-refractivity contribution >= 4 is 28.3 Å². The zero-order valence-electron chi connectivity index (χ0n) is 4.20. The third-order valence-electron chi connectivity index (χ3n) is 0.439. The molecule has 0 aromatic carbocycles. The van der Waals surface area contributed by atoms with Crippen LogP contribution < -0.4 is 5.73 Å². The Bertz CT molecular complexity index is 104. The van der Waals surface area contributed by atoms with Crippen LogP contribution in [0.3, 0.4) is 0 Å². The molecule has 0 aromatic rings. The van der Waals surface area contributed by atoms with E-state index in [1.54, 1.807) is 0 Å². The van der Waals surface area contributed by atoms with Crippen molar-refractivity contribution in [3.05, 3.63) is 12.7 Å². The monoisotopic (exact) mass is 149 g/mol. The van der Waals surface area contributed by atoms with E-state index in [2.05, 4.69) is 18.8 Å². The lowest BCUT2D eigenvalue weighted by Gasteiger charge is -1.99. The molecule has 0 saturated heterocycles. The van der Waals surface area contributed by atoms with Crippen molar-refractivity contribution in [2.24, 2.45) is 5.73 Å². The largest absolute Gasteiger partial charge is 0.385 e. The first-order valence-corrected chi connectivity index (χ1v) is 3.22. The average molecular weight is 149 g/mol. The molecular formula is C4H7NOS2. The quantitative estimate of drug-likeness (QED) is 0.340.